The molecule has 1 heterocycles. The fourth-order valence-corrected chi connectivity index (χ4v) is 2.02. The van der Waals surface area contributed by atoms with Crippen molar-refractivity contribution in [3.8, 4) is 0 Å². The van der Waals surface area contributed by atoms with Crippen molar-refractivity contribution in [1.29, 1.82) is 0 Å². The van der Waals surface area contributed by atoms with Crippen LogP contribution in [0.5, 0.6) is 0 Å². The molecule has 2 unspecified atom stereocenters. The maximum Gasteiger partial charge on any atom is 0.462 e. The molecule has 0 bridgehead atoms. The SMILES string of the molecule is CCC(C)(C)C(=O)OC1(C)COC(OC(=O)C(C)C)(C(F)(F)F)C1(F)F. The molecule has 0 radical (unpaired) electrons. The van der Waals surface area contributed by atoms with Gasteiger partial charge in [-0.2, -0.15) is 22.0 Å². The number of carbonyl (C=O) groups excluding carboxylic acids is 2. The van der Waals surface area contributed by atoms with Crippen LogP contribution < -0.4 is 0 Å². The fraction of sp³-hybridized carbons (Fsp3) is 0.875. The summed E-state index contributed by atoms with van der Waals surface area (Å²) in [4.78, 5) is 23.8. The van der Waals surface area contributed by atoms with Crippen LogP contribution in [0, 0.1) is 11.3 Å². The number of hydrogen-bond donors (Lipinski definition) is 0. The van der Waals surface area contributed by atoms with E-state index in [0.717, 1.165) is 0 Å². The summed E-state index contributed by atoms with van der Waals surface area (Å²) in [5, 5.41) is 0. The molecule has 1 aliphatic heterocycles. The summed E-state index contributed by atoms with van der Waals surface area (Å²) < 4.78 is 83.4. The highest BCUT2D eigenvalue weighted by Gasteiger charge is 2.85. The first-order valence-corrected chi connectivity index (χ1v) is 8.02. The Balaban J connectivity index is 3.35. The Kier molecular flexibility index (Phi) is 5.75. The average molecular weight is 390 g/mol. The Bertz CT molecular complexity index is 572. The van der Waals surface area contributed by atoms with Gasteiger partial charge in [0.25, 0.3) is 0 Å². The zero-order chi connectivity index (χ0) is 20.8. The summed E-state index contributed by atoms with van der Waals surface area (Å²) in [5.41, 5.74) is -4.17. The zero-order valence-corrected chi connectivity index (χ0v) is 15.4. The maximum atomic E-state index is 14.9. The summed E-state index contributed by atoms with van der Waals surface area (Å²) in [7, 11) is 0. The molecular weight excluding hydrogens is 367 g/mol. The number of rotatable bonds is 5. The van der Waals surface area contributed by atoms with Crippen molar-refractivity contribution in [2.24, 2.45) is 11.3 Å². The standard InChI is InChI=1S/C16H23F5O5/c1-7-12(4,5)11(23)26-13(6)8-24-15(14(13,17)18,16(19,20)21)25-10(22)9(2)3/h9H,7-8H2,1-6H3. The van der Waals surface area contributed by atoms with E-state index in [1.165, 1.54) is 27.7 Å². The molecule has 1 rings (SSSR count). The highest BCUT2D eigenvalue weighted by atomic mass is 19.4. The van der Waals surface area contributed by atoms with Gasteiger partial charge in [-0.05, 0) is 27.2 Å². The molecule has 2 atom stereocenters. The molecule has 10 heteroatoms. The quantitative estimate of drug-likeness (QED) is 0.527. The molecule has 1 aliphatic rings. The Morgan fingerprint density at radius 3 is 2.04 bits per heavy atom. The van der Waals surface area contributed by atoms with Crippen LogP contribution in [0.2, 0.25) is 0 Å². The smallest absolute Gasteiger partial charge is 0.450 e. The van der Waals surface area contributed by atoms with Crippen molar-refractivity contribution < 1.29 is 45.8 Å². The molecule has 0 spiro atoms. The first-order valence-electron chi connectivity index (χ1n) is 8.02. The van der Waals surface area contributed by atoms with Gasteiger partial charge < -0.3 is 14.2 Å². The number of carbonyl (C=O) groups is 2. The van der Waals surface area contributed by atoms with E-state index in [1.54, 1.807) is 6.92 Å². The van der Waals surface area contributed by atoms with Crippen molar-refractivity contribution >= 4 is 11.9 Å². The van der Waals surface area contributed by atoms with Crippen LogP contribution in [0.4, 0.5) is 22.0 Å². The lowest BCUT2D eigenvalue weighted by atomic mass is 9.89. The second-order valence-corrected chi connectivity index (χ2v) is 7.41. The summed E-state index contributed by atoms with van der Waals surface area (Å²) in [5.74, 6) is -13.2. The Morgan fingerprint density at radius 2 is 1.65 bits per heavy atom. The van der Waals surface area contributed by atoms with Gasteiger partial charge in [0.1, 0.15) is 0 Å². The van der Waals surface area contributed by atoms with Gasteiger partial charge in [0.2, 0.25) is 5.60 Å². The molecule has 1 fully saturated rings. The minimum Gasteiger partial charge on any atom is -0.450 e. The van der Waals surface area contributed by atoms with E-state index in [9.17, 15) is 31.5 Å². The van der Waals surface area contributed by atoms with Crippen molar-refractivity contribution in [3.05, 3.63) is 0 Å². The van der Waals surface area contributed by atoms with Gasteiger partial charge in [0.05, 0.1) is 17.9 Å². The lowest BCUT2D eigenvalue weighted by Crippen LogP contribution is -2.65. The molecule has 0 amide bonds. The molecule has 0 aromatic rings. The van der Waals surface area contributed by atoms with Crippen LogP contribution >= 0.6 is 0 Å². The van der Waals surface area contributed by atoms with Crippen LogP contribution in [-0.2, 0) is 23.8 Å². The van der Waals surface area contributed by atoms with Crippen molar-refractivity contribution in [2.45, 2.75) is 71.5 Å². The first kappa shape index (κ1) is 22.6. The topological polar surface area (TPSA) is 61.8 Å². The van der Waals surface area contributed by atoms with E-state index in [4.69, 9.17) is 4.74 Å². The summed E-state index contributed by atoms with van der Waals surface area (Å²) in [6.07, 6.45) is -5.55. The predicted octanol–water partition coefficient (Wildman–Crippen LogP) is 3.85. The molecule has 0 N–H and O–H groups in total. The van der Waals surface area contributed by atoms with Crippen molar-refractivity contribution in [2.75, 3.05) is 6.61 Å². The number of esters is 2. The van der Waals surface area contributed by atoms with E-state index in [-0.39, 0.29) is 6.42 Å². The maximum absolute atomic E-state index is 14.9. The summed E-state index contributed by atoms with van der Waals surface area (Å²) in [6.45, 7) is 6.09. The zero-order valence-electron chi connectivity index (χ0n) is 15.4. The van der Waals surface area contributed by atoms with E-state index < -0.39 is 53.4 Å². The van der Waals surface area contributed by atoms with E-state index in [2.05, 4.69) is 9.47 Å². The van der Waals surface area contributed by atoms with Crippen LogP contribution in [0.3, 0.4) is 0 Å². The molecule has 5 nitrogen and oxygen atoms in total. The summed E-state index contributed by atoms with van der Waals surface area (Å²) in [6, 6.07) is 0. The first-order chi connectivity index (χ1) is 11.5. The van der Waals surface area contributed by atoms with Gasteiger partial charge in [-0.25, -0.2) is 0 Å². The Hall–Kier alpha value is -1.45. The van der Waals surface area contributed by atoms with Gasteiger partial charge in [-0.15, -0.1) is 0 Å². The highest BCUT2D eigenvalue weighted by molar-refractivity contribution is 5.76. The van der Waals surface area contributed by atoms with Gasteiger partial charge >= 0.3 is 29.8 Å². The van der Waals surface area contributed by atoms with Gasteiger partial charge in [-0.1, -0.05) is 20.8 Å². The lowest BCUT2D eigenvalue weighted by Gasteiger charge is -2.39. The van der Waals surface area contributed by atoms with Crippen LogP contribution in [0.25, 0.3) is 0 Å². The van der Waals surface area contributed by atoms with Crippen molar-refractivity contribution in [3.63, 3.8) is 0 Å². The molecular formula is C16H23F5O5. The number of hydrogen-bond acceptors (Lipinski definition) is 5. The molecule has 0 aliphatic carbocycles. The minimum absolute atomic E-state index is 0.209. The third kappa shape index (κ3) is 3.39. The molecule has 1 saturated heterocycles. The summed E-state index contributed by atoms with van der Waals surface area (Å²) >= 11 is 0. The normalized spacial score (nSPS) is 28.9. The van der Waals surface area contributed by atoms with Crippen LogP contribution in [0.1, 0.15) is 48.0 Å². The van der Waals surface area contributed by atoms with Crippen LogP contribution in [-0.4, -0.2) is 42.0 Å². The molecule has 152 valence electrons. The third-order valence-electron chi connectivity index (χ3n) is 4.47. The minimum atomic E-state index is -5.76. The molecule has 26 heavy (non-hydrogen) atoms. The van der Waals surface area contributed by atoms with Gasteiger partial charge in [0, 0.05) is 0 Å². The second-order valence-electron chi connectivity index (χ2n) is 7.41. The van der Waals surface area contributed by atoms with Crippen LogP contribution in [0.15, 0.2) is 0 Å². The largest absolute Gasteiger partial charge is 0.462 e. The van der Waals surface area contributed by atoms with E-state index in [0.29, 0.717) is 6.92 Å². The Morgan fingerprint density at radius 1 is 1.15 bits per heavy atom. The van der Waals surface area contributed by atoms with Gasteiger partial charge in [-0.3, -0.25) is 9.59 Å². The number of ether oxygens (including phenoxy) is 3. The highest BCUT2D eigenvalue weighted by Crippen LogP contribution is 2.57. The molecule has 0 aromatic carbocycles. The van der Waals surface area contributed by atoms with E-state index in [1.807, 2.05) is 0 Å². The fourth-order valence-electron chi connectivity index (χ4n) is 2.02. The monoisotopic (exact) mass is 390 g/mol. The molecule has 0 saturated carbocycles. The third-order valence-corrected chi connectivity index (χ3v) is 4.47. The molecule has 0 aromatic heterocycles. The van der Waals surface area contributed by atoms with Gasteiger partial charge in [0.15, 0.2) is 0 Å². The van der Waals surface area contributed by atoms with E-state index >= 15 is 0 Å². The number of alkyl halides is 5. The average Bonchev–Trinajstić information content (AvgIpc) is 2.67. The Labute approximate surface area is 148 Å². The lowest BCUT2D eigenvalue weighted by molar-refractivity contribution is -0.410. The van der Waals surface area contributed by atoms with Crippen molar-refractivity contribution in [1.82, 2.24) is 0 Å². The predicted molar refractivity (Wildman–Crippen MR) is 79.2 cm³/mol. The second kappa shape index (κ2) is 6.61. The number of halogens is 5.